The Hall–Kier alpha value is -2.67. The van der Waals surface area contributed by atoms with Crippen LogP contribution in [0.5, 0.6) is 0 Å². The average Bonchev–Trinajstić information content (AvgIpc) is 2.63. The normalized spacial score (nSPS) is 17.5. The van der Waals surface area contributed by atoms with Gasteiger partial charge in [0.2, 0.25) is 5.91 Å². The summed E-state index contributed by atoms with van der Waals surface area (Å²) < 4.78 is 5.43. The van der Waals surface area contributed by atoms with E-state index in [1.165, 1.54) is 0 Å². The molecule has 1 amide bonds. The highest BCUT2D eigenvalue weighted by molar-refractivity contribution is 5.92. The van der Waals surface area contributed by atoms with Crippen molar-refractivity contribution in [2.45, 2.75) is 19.3 Å². The number of carbonyl (C=O) groups is 1. The Labute approximate surface area is 152 Å². The van der Waals surface area contributed by atoms with Gasteiger partial charge in [0.1, 0.15) is 0 Å². The molecule has 1 aromatic carbocycles. The molecule has 1 aliphatic heterocycles. The number of ether oxygens (including phenoxy) is 1. The van der Waals surface area contributed by atoms with Crippen molar-refractivity contribution < 1.29 is 9.53 Å². The summed E-state index contributed by atoms with van der Waals surface area (Å²) in [5.41, 5.74) is 2.11. The highest BCUT2D eigenvalue weighted by Gasteiger charge is 2.25. The number of hydrogen-bond donors (Lipinski definition) is 2. The van der Waals surface area contributed by atoms with Gasteiger partial charge in [0.25, 0.3) is 0 Å². The first-order valence-electron chi connectivity index (χ1n) is 9.13. The van der Waals surface area contributed by atoms with Gasteiger partial charge in [-0.3, -0.25) is 4.79 Å². The quantitative estimate of drug-likeness (QED) is 0.860. The molecule has 0 atom stereocenters. The standard InChI is InChI=1S/C19H23N5O2/c25-19(14-4-3-5-14)21-18-9-8-17(22-23-18)20-15-6-1-2-7-16(15)24-10-12-26-13-11-24/h1-2,6-9,14H,3-5,10-13H2,(H,20,22)(H,21,23,25). The van der Waals surface area contributed by atoms with E-state index >= 15 is 0 Å². The minimum absolute atomic E-state index is 0.0453. The van der Waals surface area contributed by atoms with Gasteiger partial charge in [-0.1, -0.05) is 18.6 Å². The molecule has 0 radical (unpaired) electrons. The second kappa shape index (κ2) is 7.70. The fraction of sp³-hybridized carbons (Fsp3) is 0.421. The van der Waals surface area contributed by atoms with Crippen molar-refractivity contribution in [2.75, 3.05) is 41.8 Å². The number of benzene rings is 1. The Morgan fingerprint density at radius 1 is 1.04 bits per heavy atom. The molecular weight excluding hydrogens is 330 g/mol. The number of rotatable bonds is 5. The van der Waals surface area contributed by atoms with Gasteiger partial charge in [0, 0.05) is 19.0 Å². The predicted octanol–water partition coefficient (Wildman–Crippen LogP) is 2.80. The van der Waals surface area contributed by atoms with E-state index in [0.29, 0.717) is 11.6 Å². The highest BCUT2D eigenvalue weighted by atomic mass is 16.5. The Bertz CT molecular complexity index is 755. The Balaban J connectivity index is 1.43. The number of nitrogens with one attached hydrogen (secondary N) is 2. The lowest BCUT2D eigenvalue weighted by Crippen LogP contribution is -2.36. The highest BCUT2D eigenvalue weighted by Crippen LogP contribution is 2.29. The van der Waals surface area contributed by atoms with Crippen molar-refractivity contribution in [2.24, 2.45) is 5.92 Å². The van der Waals surface area contributed by atoms with Crippen LogP contribution in [0.25, 0.3) is 0 Å². The number of amides is 1. The summed E-state index contributed by atoms with van der Waals surface area (Å²) >= 11 is 0. The van der Waals surface area contributed by atoms with E-state index in [1.807, 2.05) is 24.3 Å². The molecule has 136 valence electrons. The zero-order valence-corrected chi connectivity index (χ0v) is 14.6. The van der Waals surface area contributed by atoms with Crippen molar-refractivity contribution in [1.29, 1.82) is 0 Å². The van der Waals surface area contributed by atoms with Crippen molar-refractivity contribution in [3.63, 3.8) is 0 Å². The van der Waals surface area contributed by atoms with Crippen LogP contribution >= 0.6 is 0 Å². The van der Waals surface area contributed by atoms with Crippen LogP contribution in [0.2, 0.25) is 0 Å². The Kier molecular flexibility index (Phi) is 4.97. The van der Waals surface area contributed by atoms with Gasteiger partial charge >= 0.3 is 0 Å². The number of hydrogen-bond acceptors (Lipinski definition) is 6. The minimum Gasteiger partial charge on any atom is -0.378 e. The number of nitrogens with zero attached hydrogens (tertiary/aromatic N) is 3. The third-order valence-electron chi connectivity index (χ3n) is 4.91. The third-order valence-corrected chi connectivity index (χ3v) is 4.91. The molecule has 2 fully saturated rings. The summed E-state index contributed by atoms with van der Waals surface area (Å²) in [7, 11) is 0. The summed E-state index contributed by atoms with van der Waals surface area (Å²) in [6.07, 6.45) is 3.07. The van der Waals surface area contributed by atoms with E-state index in [-0.39, 0.29) is 11.8 Å². The molecule has 7 heteroatoms. The van der Waals surface area contributed by atoms with E-state index in [2.05, 4.69) is 31.8 Å². The number of para-hydroxylation sites is 2. The second-order valence-corrected chi connectivity index (χ2v) is 6.66. The van der Waals surface area contributed by atoms with Gasteiger partial charge in [0.15, 0.2) is 11.6 Å². The maximum Gasteiger partial charge on any atom is 0.228 e. The number of aromatic nitrogens is 2. The summed E-state index contributed by atoms with van der Waals surface area (Å²) in [4.78, 5) is 14.3. The van der Waals surface area contributed by atoms with E-state index in [4.69, 9.17) is 4.74 Å². The Morgan fingerprint density at radius 2 is 1.77 bits per heavy atom. The van der Waals surface area contributed by atoms with Crippen LogP contribution in [-0.2, 0) is 9.53 Å². The van der Waals surface area contributed by atoms with Crippen molar-refractivity contribution >= 4 is 28.9 Å². The molecule has 0 spiro atoms. The molecule has 2 aliphatic rings. The zero-order chi connectivity index (χ0) is 17.8. The maximum atomic E-state index is 12.0. The van der Waals surface area contributed by atoms with E-state index < -0.39 is 0 Å². The fourth-order valence-electron chi connectivity index (χ4n) is 3.16. The van der Waals surface area contributed by atoms with Crippen LogP contribution in [0.1, 0.15) is 19.3 Å². The molecule has 7 nitrogen and oxygen atoms in total. The molecule has 2 heterocycles. The van der Waals surface area contributed by atoms with Gasteiger partial charge in [-0.25, -0.2) is 0 Å². The molecule has 2 aromatic rings. The number of anilines is 4. The maximum absolute atomic E-state index is 12.0. The lowest BCUT2D eigenvalue weighted by atomic mass is 9.85. The summed E-state index contributed by atoms with van der Waals surface area (Å²) in [6.45, 7) is 3.22. The van der Waals surface area contributed by atoms with Crippen molar-refractivity contribution in [1.82, 2.24) is 10.2 Å². The van der Waals surface area contributed by atoms with E-state index in [0.717, 1.165) is 56.9 Å². The van der Waals surface area contributed by atoms with Gasteiger partial charge in [-0.15, -0.1) is 10.2 Å². The largest absolute Gasteiger partial charge is 0.378 e. The molecule has 1 aromatic heterocycles. The first kappa shape index (κ1) is 16.8. The molecule has 1 saturated carbocycles. The predicted molar refractivity (Wildman–Crippen MR) is 101 cm³/mol. The van der Waals surface area contributed by atoms with Gasteiger partial charge < -0.3 is 20.3 Å². The van der Waals surface area contributed by atoms with E-state index in [1.54, 1.807) is 6.07 Å². The molecule has 1 aliphatic carbocycles. The summed E-state index contributed by atoms with van der Waals surface area (Å²) in [6, 6.07) is 11.8. The smallest absolute Gasteiger partial charge is 0.228 e. The van der Waals surface area contributed by atoms with Crippen LogP contribution in [0, 0.1) is 5.92 Å². The third kappa shape index (κ3) is 3.77. The SMILES string of the molecule is O=C(Nc1ccc(Nc2ccccc2N2CCOCC2)nn1)C1CCC1. The minimum atomic E-state index is 0.0453. The second-order valence-electron chi connectivity index (χ2n) is 6.66. The first-order chi connectivity index (χ1) is 12.8. The van der Waals surface area contributed by atoms with E-state index in [9.17, 15) is 4.79 Å². The monoisotopic (exact) mass is 353 g/mol. The van der Waals surface area contributed by atoms with Crippen LogP contribution in [0.4, 0.5) is 23.0 Å². The van der Waals surface area contributed by atoms with Crippen molar-refractivity contribution in [3.05, 3.63) is 36.4 Å². The van der Waals surface area contributed by atoms with Crippen LogP contribution in [0.3, 0.4) is 0 Å². The molecule has 26 heavy (non-hydrogen) atoms. The molecule has 0 bridgehead atoms. The van der Waals surface area contributed by atoms with Crippen molar-refractivity contribution in [3.8, 4) is 0 Å². The number of morpholine rings is 1. The average molecular weight is 353 g/mol. The Morgan fingerprint density at radius 3 is 2.46 bits per heavy atom. The molecule has 1 saturated heterocycles. The summed E-state index contributed by atoms with van der Waals surface area (Å²) in [5, 5.41) is 14.5. The number of carbonyl (C=O) groups excluding carboxylic acids is 1. The molecule has 4 rings (SSSR count). The lowest BCUT2D eigenvalue weighted by molar-refractivity contribution is -0.122. The van der Waals surface area contributed by atoms with Gasteiger partial charge in [-0.2, -0.15) is 0 Å². The molecule has 2 N–H and O–H groups in total. The van der Waals surface area contributed by atoms with Gasteiger partial charge in [-0.05, 0) is 37.1 Å². The van der Waals surface area contributed by atoms with Crippen LogP contribution < -0.4 is 15.5 Å². The topological polar surface area (TPSA) is 79.4 Å². The molecule has 0 unspecified atom stereocenters. The first-order valence-corrected chi connectivity index (χ1v) is 9.13. The zero-order valence-electron chi connectivity index (χ0n) is 14.6. The van der Waals surface area contributed by atoms with Crippen LogP contribution in [0.15, 0.2) is 36.4 Å². The van der Waals surface area contributed by atoms with Crippen LogP contribution in [-0.4, -0.2) is 42.4 Å². The van der Waals surface area contributed by atoms with Gasteiger partial charge in [0.05, 0.1) is 24.6 Å². The molecular formula is C19H23N5O2. The lowest BCUT2D eigenvalue weighted by Gasteiger charge is -2.30. The summed E-state index contributed by atoms with van der Waals surface area (Å²) in [5.74, 6) is 1.32. The fourth-order valence-corrected chi connectivity index (χ4v) is 3.16.